The molecule has 3 rings (SSSR count). The van der Waals surface area contributed by atoms with Crippen LogP contribution in [0.4, 0.5) is 4.39 Å². The Balaban J connectivity index is 1.68. The maximum Gasteiger partial charge on any atom is 0.310 e. The molecule has 0 atom stereocenters. The summed E-state index contributed by atoms with van der Waals surface area (Å²) in [6.45, 7) is 16.8. The number of hydrogen-bond donors (Lipinski definition) is 1. The van der Waals surface area contributed by atoms with Gasteiger partial charge in [-0.2, -0.15) is 0 Å². The molecule has 1 saturated heterocycles. The highest BCUT2D eigenvalue weighted by Crippen LogP contribution is 2.27. The van der Waals surface area contributed by atoms with Gasteiger partial charge in [0.1, 0.15) is 18.2 Å². The number of halogens is 1. The van der Waals surface area contributed by atoms with Gasteiger partial charge >= 0.3 is 5.97 Å². The van der Waals surface area contributed by atoms with Crippen molar-refractivity contribution in [2.45, 2.75) is 72.8 Å². The molecule has 2 aromatic rings. The maximum atomic E-state index is 13.7. The van der Waals surface area contributed by atoms with Crippen LogP contribution in [0, 0.1) is 18.2 Å². The van der Waals surface area contributed by atoms with Crippen LogP contribution >= 0.6 is 0 Å². The highest BCUT2D eigenvalue weighted by Gasteiger charge is 2.33. The van der Waals surface area contributed by atoms with Crippen molar-refractivity contribution in [2.24, 2.45) is 5.41 Å². The molecule has 1 aliphatic rings. The molecular weight excluding hydrogens is 471 g/mol. The van der Waals surface area contributed by atoms with E-state index in [2.05, 4.69) is 16.4 Å². The number of ether oxygens (including phenoxy) is 2. The van der Waals surface area contributed by atoms with Gasteiger partial charge in [0, 0.05) is 32.2 Å². The number of likely N-dealkylation sites (tertiary alicyclic amines) is 1. The number of aliphatic carboxylic acids is 1. The molecule has 0 aromatic heterocycles. The minimum atomic E-state index is -0.791. The largest absolute Gasteiger partial charge is 0.491 e. The van der Waals surface area contributed by atoms with E-state index in [9.17, 15) is 14.3 Å². The molecule has 7 heteroatoms. The highest BCUT2D eigenvalue weighted by molar-refractivity contribution is 5.73. The van der Waals surface area contributed by atoms with Gasteiger partial charge in [0.2, 0.25) is 0 Å². The summed E-state index contributed by atoms with van der Waals surface area (Å²) >= 11 is 0. The molecule has 0 radical (unpaired) electrons. The first-order valence-corrected chi connectivity index (χ1v) is 13.0. The number of piperidine rings is 1. The van der Waals surface area contributed by atoms with Gasteiger partial charge in [-0.05, 0) is 95.0 Å². The van der Waals surface area contributed by atoms with Gasteiger partial charge in [0.15, 0.2) is 5.88 Å². The molecule has 0 amide bonds. The summed E-state index contributed by atoms with van der Waals surface area (Å²) in [5.74, 6) is 0.370. The molecule has 6 nitrogen and oxygen atoms in total. The minimum Gasteiger partial charge on any atom is -0.491 e. The average Bonchev–Trinajstić information content (AvgIpc) is 2.83. The van der Waals surface area contributed by atoms with E-state index in [1.54, 1.807) is 19.9 Å². The number of rotatable bonds is 12. The number of hydrogen-bond acceptors (Lipinski definition) is 5. The predicted octanol–water partition coefficient (Wildman–Crippen LogP) is 5.99. The van der Waals surface area contributed by atoms with Gasteiger partial charge in [-0.3, -0.25) is 4.79 Å². The Morgan fingerprint density at radius 2 is 1.84 bits per heavy atom. The summed E-state index contributed by atoms with van der Waals surface area (Å²) in [6.07, 6.45) is 1.84. The minimum absolute atomic E-state index is 0.118. The fourth-order valence-electron chi connectivity index (χ4n) is 4.64. The monoisotopic (exact) mass is 512 g/mol. The van der Waals surface area contributed by atoms with Crippen LogP contribution in [0.2, 0.25) is 0 Å². The third kappa shape index (κ3) is 8.22. The lowest BCUT2D eigenvalue weighted by Gasteiger charge is -2.41. The van der Waals surface area contributed by atoms with Crippen LogP contribution in [-0.2, 0) is 22.7 Å². The quantitative estimate of drug-likeness (QED) is 0.353. The first-order valence-electron chi connectivity index (χ1n) is 13.0. The smallest absolute Gasteiger partial charge is 0.310 e. The number of benzene rings is 2. The third-order valence-electron chi connectivity index (χ3n) is 6.86. The summed E-state index contributed by atoms with van der Waals surface area (Å²) in [7, 11) is 0. The molecule has 0 unspecified atom stereocenters. The Hall–Kier alpha value is -3.06. The van der Waals surface area contributed by atoms with Crippen molar-refractivity contribution in [1.82, 2.24) is 9.80 Å². The Morgan fingerprint density at radius 1 is 1.19 bits per heavy atom. The van der Waals surface area contributed by atoms with Crippen LogP contribution in [0.15, 0.2) is 54.9 Å². The maximum absolute atomic E-state index is 13.7. The second-order valence-electron chi connectivity index (χ2n) is 10.9. The van der Waals surface area contributed by atoms with Crippen molar-refractivity contribution < 1.29 is 23.8 Å². The molecule has 0 bridgehead atoms. The first kappa shape index (κ1) is 28.5. The number of carboxylic acids is 1. The van der Waals surface area contributed by atoms with Gasteiger partial charge in [-0.1, -0.05) is 18.2 Å². The van der Waals surface area contributed by atoms with Gasteiger partial charge in [-0.25, -0.2) is 4.39 Å². The molecule has 1 fully saturated rings. The van der Waals surface area contributed by atoms with Crippen molar-refractivity contribution in [3.05, 3.63) is 77.4 Å². The second-order valence-corrected chi connectivity index (χ2v) is 10.9. The SMILES string of the molecule is C=C(OCc1ccc(OC(C)C)cc1)N(Cc1ccc(F)cc1C)C1CCN(CC(C)(C)C(=O)O)CC1. The van der Waals surface area contributed by atoms with Crippen LogP contribution in [-0.4, -0.2) is 52.7 Å². The summed E-state index contributed by atoms with van der Waals surface area (Å²) in [4.78, 5) is 16.0. The van der Waals surface area contributed by atoms with Crippen LogP contribution in [0.3, 0.4) is 0 Å². The van der Waals surface area contributed by atoms with Gasteiger partial charge in [0.05, 0.1) is 11.5 Å². The van der Waals surface area contributed by atoms with E-state index in [0.717, 1.165) is 48.4 Å². The van der Waals surface area contributed by atoms with E-state index >= 15 is 0 Å². The molecule has 0 spiro atoms. The van der Waals surface area contributed by atoms with Crippen LogP contribution in [0.25, 0.3) is 0 Å². The zero-order chi connectivity index (χ0) is 27.2. The van der Waals surface area contributed by atoms with Crippen molar-refractivity contribution in [1.29, 1.82) is 0 Å². The second kappa shape index (κ2) is 12.5. The van der Waals surface area contributed by atoms with Crippen LogP contribution < -0.4 is 4.74 Å². The molecule has 0 aliphatic carbocycles. The Morgan fingerprint density at radius 3 is 2.41 bits per heavy atom. The highest BCUT2D eigenvalue weighted by atomic mass is 19.1. The number of aryl methyl sites for hydroxylation is 1. The van der Waals surface area contributed by atoms with E-state index in [4.69, 9.17) is 9.47 Å². The fraction of sp³-hybridized carbons (Fsp3) is 0.500. The molecule has 202 valence electrons. The van der Waals surface area contributed by atoms with E-state index in [0.29, 0.717) is 25.6 Å². The summed E-state index contributed by atoms with van der Waals surface area (Å²) in [5.41, 5.74) is 2.14. The Bertz CT molecular complexity index is 1060. The molecule has 37 heavy (non-hydrogen) atoms. The Kier molecular flexibility index (Phi) is 9.60. The molecule has 0 saturated carbocycles. The summed E-state index contributed by atoms with van der Waals surface area (Å²) < 4.78 is 25.6. The average molecular weight is 513 g/mol. The lowest BCUT2D eigenvalue weighted by Crippen LogP contribution is -2.48. The topological polar surface area (TPSA) is 62.2 Å². The van der Waals surface area contributed by atoms with Crippen molar-refractivity contribution in [2.75, 3.05) is 19.6 Å². The van der Waals surface area contributed by atoms with E-state index in [1.807, 2.05) is 51.1 Å². The predicted molar refractivity (Wildman–Crippen MR) is 144 cm³/mol. The van der Waals surface area contributed by atoms with Crippen molar-refractivity contribution in [3.63, 3.8) is 0 Å². The van der Waals surface area contributed by atoms with Crippen molar-refractivity contribution >= 4 is 5.97 Å². The van der Waals surface area contributed by atoms with E-state index < -0.39 is 11.4 Å². The lowest BCUT2D eigenvalue weighted by molar-refractivity contribution is -0.148. The zero-order valence-electron chi connectivity index (χ0n) is 22.8. The Labute approximate surface area is 220 Å². The summed E-state index contributed by atoms with van der Waals surface area (Å²) in [5, 5.41) is 9.50. The molecule has 1 heterocycles. The third-order valence-corrected chi connectivity index (χ3v) is 6.86. The molecular formula is C30H41FN2O4. The zero-order valence-corrected chi connectivity index (χ0v) is 22.8. The lowest BCUT2D eigenvalue weighted by atomic mass is 9.91. The fourth-order valence-corrected chi connectivity index (χ4v) is 4.64. The molecule has 1 N–H and O–H groups in total. The number of carbonyl (C=O) groups is 1. The van der Waals surface area contributed by atoms with Crippen molar-refractivity contribution in [3.8, 4) is 5.75 Å². The van der Waals surface area contributed by atoms with E-state index in [-0.39, 0.29) is 18.0 Å². The normalized spacial score (nSPS) is 15.0. The number of nitrogens with zero attached hydrogens (tertiary/aromatic N) is 2. The van der Waals surface area contributed by atoms with E-state index in [1.165, 1.54) is 6.07 Å². The standard InChI is InChI=1S/C30H41FN2O4/c1-21(2)37-28-11-7-24(8-12-28)19-36-23(4)33(18-25-9-10-26(31)17-22(25)3)27-13-15-32(16-14-27)20-30(5,6)29(34)35/h7-12,17,21,27H,4,13-16,18-20H2,1-3,5-6H3,(H,34,35). The molecule has 1 aliphatic heterocycles. The van der Waals surface area contributed by atoms with Gasteiger partial charge in [0.25, 0.3) is 0 Å². The van der Waals surface area contributed by atoms with Gasteiger partial charge in [-0.15, -0.1) is 0 Å². The first-order chi connectivity index (χ1) is 17.4. The molecule has 2 aromatic carbocycles. The van der Waals surface area contributed by atoms with Gasteiger partial charge < -0.3 is 24.4 Å². The summed E-state index contributed by atoms with van der Waals surface area (Å²) in [6, 6.07) is 12.9. The van der Waals surface area contributed by atoms with Crippen LogP contribution in [0.5, 0.6) is 5.75 Å². The number of carboxylic acid groups (broad SMARTS) is 1. The van der Waals surface area contributed by atoms with Crippen LogP contribution in [0.1, 0.15) is 57.2 Å².